The highest BCUT2D eigenvalue weighted by molar-refractivity contribution is 5.82. The van der Waals surface area contributed by atoms with E-state index in [2.05, 4.69) is 48.4 Å². The average molecular weight is 254 g/mol. The second kappa shape index (κ2) is 5.20. The van der Waals surface area contributed by atoms with Crippen LogP contribution in [0.1, 0.15) is 33.1 Å². The number of anilines is 1. The molecule has 0 amide bonds. The molecule has 3 unspecified atom stereocenters. The molecule has 3 rings (SSSR count). The van der Waals surface area contributed by atoms with Crippen molar-refractivity contribution in [2.45, 2.75) is 39.2 Å². The fraction of sp³-hybridized carbons (Fsp3) is 0.471. The van der Waals surface area contributed by atoms with Gasteiger partial charge in [-0.1, -0.05) is 26.3 Å². The first-order valence-electron chi connectivity index (χ1n) is 7.33. The highest BCUT2D eigenvalue weighted by Gasteiger charge is 2.25. The summed E-state index contributed by atoms with van der Waals surface area (Å²) in [5, 5.41) is 4.94. The minimum atomic E-state index is 0.609. The van der Waals surface area contributed by atoms with Crippen molar-refractivity contribution in [3.8, 4) is 0 Å². The molecule has 1 aromatic carbocycles. The Kier molecular flexibility index (Phi) is 3.41. The minimum absolute atomic E-state index is 0.609. The molecule has 2 aromatic rings. The highest BCUT2D eigenvalue weighted by atomic mass is 14.9. The van der Waals surface area contributed by atoms with Gasteiger partial charge >= 0.3 is 0 Å². The number of hydrogen-bond donors (Lipinski definition) is 1. The summed E-state index contributed by atoms with van der Waals surface area (Å²) < 4.78 is 0. The van der Waals surface area contributed by atoms with Crippen molar-refractivity contribution in [3.63, 3.8) is 0 Å². The van der Waals surface area contributed by atoms with Crippen LogP contribution in [0.4, 0.5) is 5.69 Å². The van der Waals surface area contributed by atoms with E-state index in [-0.39, 0.29) is 0 Å². The Balaban J connectivity index is 1.80. The van der Waals surface area contributed by atoms with Gasteiger partial charge in [-0.25, -0.2) is 0 Å². The molecular formula is C17H22N2. The summed E-state index contributed by atoms with van der Waals surface area (Å²) in [7, 11) is 0. The van der Waals surface area contributed by atoms with E-state index in [4.69, 9.17) is 0 Å². The second-order valence-electron chi connectivity index (χ2n) is 6.06. The number of rotatable bonds is 2. The quantitative estimate of drug-likeness (QED) is 0.855. The van der Waals surface area contributed by atoms with Crippen molar-refractivity contribution in [2.75, 3.05) is 5.32 Å². The van der Waals surface area contributed by atoms with Crippen LogP contribution in [0.2, 0.25) is 0 Å². The third-order valence-electron chi connectivity index (χ3n) is 4.41. The second-order valence-corrected chi connectivity index (χ2v) is 6.06. The molecule has 0 radical (unpaired) electrons. The molecular weight excluding hydrogens is 232 g/mol. The van der Waals surface area contributed by atoms with Crippen molar-refractivity contribution >= 4 is 16.6 Å². The first-order valence-corrected chi connectivity index (χ1v) is 7.33. The zero-order chi connectivity index (χ0) is 13.2. The number of nitrogens with zero attached hydrogens (tertiary/aromatic N) is 1. The lowest BCUT2D eigenvalue weighted by molar-refractivity contribution is 0.281. The van der Waals surface area contributed by atoms with Crippen molar-refractivity contribution in [2.24, 2.45) is 11.8 Å². The first kappa shape index (κ1) is 12.5. The molecule has 1 N–H and O–H groups in total. The van der Waals surface area contributed by atoms with Crippen LogP contribution in [-0.4, -0.2) is 11.0 Å². The molecule has 0 aliphatic heterocycles. The van der Waals surface area contributed by atoms with Crippen LogP contribution in [0.15, 0.2) is 36.5 Å². The lowest BCUT2D eigenvalue weighted by atomic mass is 9.80. The van der Waals surface area contributed by atoms with Crippen LogP contribution in [0.5, 0.6) is 0 Å². The Morgan fingerprint density at radius 2 is 2.05 bits per heavy atom. The van der Waals surface area contributed by atoms with Crippen molar-refractivity contribution in [3.05, 3.63) is 36.5 Å². The average Bonchev–Trinajstić information content (AvgIpc) is 2.43. The summed E-state index contributed by atoms with van der Waals surface area (Å²) in [5.41, 5.74) is 2.30. The predicted octanol–water partition coefficient (Wildman–Crippen LogP) is 4.47. The van der Waals surface area contributed by atoms with Crippen LogP contribution >= 0.6 is 0 Å². The van der Waals surface area contributed by atoms with E-state index in [1.54, 1.807) is 0 Å². The van der Waals surface area contributed by atoms with Gasteiger partial charge in [0.15, 0.2) is 0 Å². The van der Waals surface area contributed by atoms with E-state index in [0.29, 0.717) is 6.04 Å². The van der Waals surface area contributed by atoms with Crippen molar-refractivity contribution < 1.29 is 0 Å². The number of benzene rings is 1. The largest absolute Gasteiger partial charge is 0.382 e. The van der Waals surface area contributed by atoms with Gasteiger partial charge in [-0.2, -0.15) is 0 Å². The summed E-state index contributed by atoms with van der Waals surface area (Å²) in [6, 6.07) is 11.2. The van der Waals surface area contributed by atoms with E-state index in [9.17, 15) is 0 Å². The standard InChI is InChI=1S/C17H22N2/c1-12-5-6-13(2)17(10-12)19-15-7-8-16-14(11-15)4-3-9-18-16/h3-4,7-9,11-13,17,19H,5-6,10H2,1-2H3. The third kappa shape index (κ3) is 2.73. The van der Waals surface area contributed by atoms with E-state index < -0.39 is 0 Å². The molecule has 0 bridgehead atoms. The lowest BCUT2D eigenvalue weighted by Gasteiger charge is -2.34. The summed E-state index contributed by atoms with van der Waals surface area (Å²) in [6.07, 6.45) is 5.85. The van der Waals surface area contributed by atoms with Gasteiger partial charge < -0.3 is 5.32 Å². The van der Waals surface area contributed by atoms with Gasteiger partial charge in [-0.15, -0.1) is 0 Å². The Bertz CT molecular complexity index is 564. The molecule has 100 valence electrons. The number of nitrogens with one attached hydrogen (secondary N) is 1. The number of hydrogen-bond acceptors (Lipinski definition) is 2. The maximum atomic E-state index is 4.37. The maximum Gasteiger partial charge on any atom is 0.0703 e. The van der Waals surface area contributed by atoms with Crippen LogP contribution in [0, 0.1) is 11.8 Å². The van der Waals surface area contributed by atoms with E-state index >= 15 is 0 Å². The Labute approximate surface area is 115 Å². The van der Waals surface area contributed by atoms with Crippen LogP contribution < -0.4 is 5.32 Å². The lowest BCUT2D eigenvalue weighted by Crippen LogP contribution is -2.33. The first-order chi connectivity index (χ1) is 9.22. The number of pyridine rings is 1. The van der Waals surface area contributed by atoms with Gasteiger partial charge in [0.05, 0.1) is 5.52 Å². The molecule has 1 aliphatic rings. The predicted molar refractivity (Wildman–Crippen MR) is 81.3 cm³/mol. The Hall–Kier alpha value is -1.57. The summed E-state index contributed by atoms with van der Waals surface area (Å²) in [4.78, 5) is 4.37. The van der Waals surface area contributed by atoms with Gasteiger partial charge in [-0.05, 0) is 48.9 Å². The van der Waals surface area contributed by atoms with E-state index in [1.807, 2.05) is 12.3 Å². The van der Waals surface area contributed by atoms with Gasteiger partial charge in [0, 0.05) is 23.3 Å². The zero-order valence-electron chi connectivity index (χ0n) is 11.8. The van der Waals surface area contributed by atoms with E-state index in [1.165, 1.54) is 30.3 Å². The number of aromatic nitrogens is 1. The number of fused-ring (bicyclic) bond motifs is 1. The molecule has 0 saturated heterocycles. The van der Waals surface area contributed by atoms with Gasteiger partial charge in [-0.3, -0.25) is 4.98 Å². The maximum absolute atomic E-state index is 4.37. The fourth-order valence-corrected chi connectivity index (χ4v) is 3.11. The molecule has 2 heteroatoms. The minimum Gasteiger partial charge on any atom is -0.382 e. The summed E-state index contributed by atoms with van der Waals surface area (Å²) >= 11 is 0. The summed E-state index contributed by atoms with van der Waals surface area (Å²) in [6.45, 7) is 4.73. The molecule has 2 nitrogen and oxygen atoms in total. The monoisotopic (exact) mass is 254 g/mol. The van der Waals surface area contributed by atoms with Crippen LogP contribution in [-0.2, 0) is 0 Å². The normalized spacial score (nSPS) is 27.4. The SMILES string of the molecule is CC1CCC(C)C(Nc2ccc3ncccc3c2)C1. The highest BCUT2D eigenvalue weighted by Crippen LogP contribution is 2.31. The molecule has 1 aromatic heterocycles. The molecule has 3 atom stereocenters. The molecule has 0 spiro atoms. The molecule has 19 heavy (non-hydrogen) atoms. The zero-order valence-corrected chi connectivity index (χ0v) is 11.8. The van der Waals surface area contributed by atoms with E-state index in [0.717, 1.165) is 17.4 Å². The molecule has 1 saturated carbocycles. The molecule has 1 aliphatic carbocycles. The topological polar surface area (TPSA) is 24.9 Å². The fourth-order valence-electron chi connectivity index (χ4n) is 3.11. The molecule has 1 heterocycles. The Morgan fingerprint density at radius 3 is 2.95 bits per heavy atom. The van der Waals surface area contributed by atoms with Crippen LogP contribution in [0.3, 0.4) is 0 Å². The van der Waals surface area contributed by atoms with Gasteiger partial charge in [0.1, 0.15) is 0 Å². The van der Waals surface area contributed by atoms with Crippen molar-refractivity contribution in [1.82, 2.24) is 4.98 Å². The summed E-state index contributed by atoms with van der Waals surface area (Å²) in [5.74, 6) is 1.61. The Morgan fingerprint density at radius 1 is 1.16 bits per heavy atom. The smallest absolute Gasteiger partial charge is 0.0703 e. The van der Waals surface area contributed by atoms with Crippen LogP contribution in [0.25, 0.3) is 10.9 Å². The van der Waals surface area contributed by atoms with Crippen molar-refractivity contribution in [1.29, 1.82) is 0 Å². The van der Waals surface area contributed by atoms with Gasteiger partial charge in [0.2, 0.25) is 0 Å². The molecule has 1 fully saturated rings. The van der Waals surface area contributed by atoms with Gasteiger partial charge in [0.25, 0.3) is 0 Å². The third-order valence-corrected chi connectivity index (χ3v) is 4.41.